The molecule has 5 atom stereocenters. The maximum absolute atomic E-state index is 13.5. The van der Waals surface area contributed by atoms with E-state index < -0.39 is 6.04 Å². The Morgan fingerprint density at radius 3 is 2.34 bits per heavy atom. The van der Waals surface area contributed by atoms with Crippen LogP contribution in [0.5, 0.6) is 0 Å². The molecule has 166 valence electrons. The van der Waals surface area contributed by atoms with Crippen molar-refractivity contribution >= 4 is 34.2 Å². The van der Waals surface area contributed by atoms with Crippen molar-refractivity contribution < 1.29 is 14.4 Å². The molecule has 1 saturated heterocycles. The van der Waals surface area contributed by atoms with Crippen molar-refractivity contribution in [2.45, 2.75) is 45.1 Å². The topological polar surface area (TPSA) is 92.3 Å². The third-order valence-corrected chi connectivity index (χ3v) is 7.74. The van der Waals surface area contributed by atoms with Crippen LogP contribution in [0.3, 0.4) is 0 Å². The van der Waals surface area contributed by atoms with E-state index in [0.29, 0.717) is 5.13 Å². The first kappa shape index (κ1) is 21.0. The maximum Gasteiger partial charge on any atom is 0.234 e. The average molecular weight is 451 g/mol. The van der Waals surface area contributed by atoms with Crippen LogP contribution in [0.1, 0.15) is 49.2 Å². The number of carbonyl (C=O) groups is 3. The summed E-state index contributed by atoms with van der Waals surface area (Å²) in [4.78, 5) is 41.3. The van der Waals surface area contributed by atoms with Crippen molar-refractivity contribution in [1.29, 1.82) is 0 Å². The van der Waals surface area contributed by atoms with E-state index in [2.05, 4.69) is 34.6 Å². The Kier molecular flexibility index (Phi) is 5.63. The number of carbonyl (C=O) groups excluding carboxylic acids is 3. The first-order valence-corrected chi connectivity index (χ1v) is 12.1. The van der Waals surface area contributed by atoms with E-state index in [1.165, 1.54) is 16.2 Å². The van der Waals surface area contributed by atoms with Crippen LogP contribution in [0.15, 0.2) is 42.5 Å². The average Bonchev–Trinajstić information content (AvgIpc) is 3.36. The number of fused-ring (bicyclic) bond motifs is 1. The minimum Gasteiger partial charge on any atom is -0.300 e. The van der Waals surface area contributed by atoms with Crippen molar-refractivity contribution in [3.63, 3.8) is 0 Å². The van der Waals surface area contributed by atoms with Crippen molar-refractivity contribution in [3.05, 3.63) is 53.1 Å². The smallest absolute Gasteiger partial charge is 0.234 e. The van der Waals surface area contributed by atoms with E-state index in [0.717, 1.165) is 36.3 Å². The number of amides is 3. The molecule has 1 aromatic carbocycles. The first-order chi connectivity index (χ1) is 15.6. The van der Waals surface area contributed by atoms with E-state index in [9.17, 15) is 14.4 Å². The number of aromatic nitrogens is 2. The lowest BCUT2D eigenvalue weighted by atomic mass is 9.63. The van der Waals surface area contributed by atoms with Gasteiger partial charge in [-0.25, -0.2) is 0 Å². The molecule has 1 aromatic heterocycles. The van der Waals surface area contributed by atoms with Gasteiger partial charge in [-0.05, 0) is 36.7 Å². The predicted octanol–water partition coefficient (Wildman–Crippen LogP) is 3.76. The number of imide groups is 1. The zero-order valence-corrected chi connectivity index (χ0v) is 18.8. The van der Waals surface area contributed by atoms with Gasteiger partial charge >= 0.3 is 0 Å². The minimum atomic E-state index is -0.635. The molecule has 3 aliphatic carbocycles. The number of hydrogen-bond donors (Lipinski definition) is 1. The largest absolute Gasteiger partial charge is 0.300 e. The predicted molar refractivity (Wildman–Crippen MR) is 121 cm³/mol. The summed E-state index contributed by atoms with van der Waals surface area (Å²) in [7, 11) is 0. The van der Waals surface area contributed by atoms with E-state index >= 15 is 0 Å². The Morgan fingerprint density at radius 2 is 1.75 bits per heavy atom. The van der Waals surface area contributed by atoms with Gasteiger partial charge in [-0.2, -0.15) is 0 Å². The van der Waals surface area contributed by atoms with Crippen LogP contribution in [0.4, 0.5) is 5.13 Å². The number of anilines is 1. The molecule has 1 saturated carbocycles. The van der Waals surface area contributed by atoms with Crippen LogP contribution in [-0.2, 0) is 20.8 Å². The van der Waals surface area contributed by atoms with Crippen LogP contribution in [0, 0.1) is 23.7 Å². The SMILES string of the molecule is CCCc1nnc(NC(=O)C[C@H](c2ccccc2)N2C(=O)[C@@H]3[C@@H](C2=O)[C@H]2C=C[C@H]3CC2)s1. The Bertz CT molecular complexity index is 1030. The van der Waals surface area contributed by atoms with Crippen LogP contribution in [0.2, 0.25) is 0 Å². The number of likely N-dealkylation sites (tertiary alicyclic amines) is 1. The second kappa shape index (κ2) is 8.58. The molecule has 6 rings (SSSR count). The van der Waals surface area contributed by atoms with Crippen molar-refractivity contribution in [2.75, 3.05) is 5.32 Å². The number of aryl methyl sites for hydroxylation is 1. The fraction of sp³-hybridized carbons (Fsp3) is 0.458. The Hall–Kier alpha value is -2.87. The van der Waals surface area contributed by atoms with Gasteiger partial charge in [-0.1, -0.05) is 60.7 Å². The van der Waals surface area contributed by atoms with Gasteiger partial charge in [0.1, 0.15) is 5.01 Å². The molecule has 0 unspecified atom stereocenters. The number of nitrogens with one attached hydrogen (secondary N) is 1. The van der Waals surface area contributed by atoms with Gasteiger partial charge in [0.2, 0.25) is 22.9 Å². The molecule has 32 heavy (non-hydrogen) atoms. The Morgan fingerprint density at radius 1 is 1.09 bits per heavy atom. The second-order valence-electron chi connectivity index (χ2n) is 8.82. The minimum absolute atomic E-state index is 0.00755. The molecule has 3 amide bonds. The van der Waals surface area contributed by atoms with Crippen LogP contribution in [0.25, 0.3) is 0 Å². The molecular formula is C24H26N4O3S. The highest BCUT2D eigenvalue weighted by Crippen LogP contribution is 2.51. The first-order valence-electron chi connectivity index (χ1n) is 11.3. The summed E-state index contributed by atoms with van der Waals surface area (Å²) >= 11 is 1.36. The van der Waals surface area contributed by atoms with Gasteiger partial charge in [-0.3, -0.25) is 19.3 Å². The molecule has 1 aliphatic heterocycles. The summed E-state index contributed by atoms with van der Waals surface area (Å²) in [5.41, 5.74) is 0.784. The molecule has 2 aromatic rings. The van der Waals surface area contributed by atoms with Crippen molar-refractivity contribution in [2.24, 2.45) is 23.7 Å². The lowest BCUT2D eigenvalue weighted by Gasteiger charge is -2.38. The summed E-state index contributed by atoms with van der Waals surface area (Å²) in [6, 6.07) is 8.73. The molecule has 1 N–H and O–H groups in total. The third-order valence-electron chi connectivity index (χ3n) is 6.85. The van der Waals surface area contributed by atoms with Crippen molar-refractivity contribution in [3.8, 4) is 0 Å². The monoisotopic (exact) mass is 450 g/mol. The quantitative estimate of drug-likeness (QED) is 0.512. The highest BCUT2D eigenvalue weighted by molar-refractivity contribution is 7.15. The standard InChI is InChI=1S/C24H26N4O3S/c1-2-6-19-26-27-24(32-19)25-18(29)13-17(14-7-4-3-5-8-14)28-22(30)20-15-9-10-16(12-11-15)21(20)23(28)31/h3-5,7-10,15-17,20-21H,2,6,11-13H2,1H3,(H,25,27,29)/t15-,16-,17+,20-,21-/m0/s1. The van der Waals surface area contributed by atoms with E-state index in [4.69, 9.17) is 0 Å². The van der Waals surface area contributed by atoms with Crippen molar-refractivity contribution in [1.82, 2.24) is 15.1 Å². The number of allylic oxidation sites excluding steroid dienone is 2. The summed E-state index contributed by atoms with van der Waals surface area (Å²) < 4.78 is 0. The molecule has 0 radical (unpaired) electrons. The van der Waals surface area contributed by atoms with Crippen LogP contribution in [-0.4, -0.2) is 32.8 Å². The number of benzene rings is 1. The van der Waals surface area contributed by atoms with E-state index in [1.807, 2.05) is 30.3 Å². The summed E-state index contributed by atoms with van der Waals surface area (Å²) in [5, 5.41) is 12.3. The number of rotatable bonds is 7. The fourth-order valence-corrected chi connectivity index (χ4v) is 6.26. The summed E-state index contributed by atoms with van der Waals surface area (Å²) in [6.45, 7) is 2.06. The fourth-order valence-electron chi connectivity index (χ4n) is 5.40. The number of hydrogen-bond acceptors (Lipinski definition) is 6. The number of nitrogens with zero attached hydrogens (tertiary/aromatic N) is 3. The third kappa shape index (κ3) is 3.66. The van der Waals surface area contributed by atoms with E-state index in [-0.39, 0.29) is 47.8 Å². The molecule has 4 aliphatic rings. The molecule has 2 fully saturated rings. The van der Waals surface area contributed by atoms with Gasteiger partial charge in [0, 0.05) is 6.42 Å². The van der Waals surface area contributed by atoms with Gasteiger partial charge in [0.15, 0.2) is 0 Å². The maximum atomic E-state index is 13.5. The summed E-state index contributed by atoms with van der Waals surface area (Å²) in [6.07, 6.45) is 7.88. The van der Waals surface area contributed by atoms with Crippen LogP contribution < -0.4 is 5.32 Å². The molecule has 7 nitrogen and oxygen atoms in total. The zero-order chi connectivity index (χ0) is 22.2. The molecule has 2 bridgehead atoms. The molecule has 8 heteroatoms. The summed E-state index contributed by atoms with van der Waals surface area (Å²) in [5.74, 6) is -0.899. The Labute approximate surface area is 190 Å². The molecular weight excluding hydrogens is 424 g/mol. The lowest BCUT2D eigenvalue weighted by molar-refractivity contribution is -0.143. The molecule has 2 heterocycles. The van der Waals surface area contributed by atoms with Gasteiger partial charge in [0.05, 0.1) is 24.3 Å². The van der Waals surface area contributed by atoms with E-state index in [1.54, 1.807) is 0 Å². The second-order valence-corrected chi connectivity index (χ2v) is 9.88. The highest BCUT2D eigenvalue weighted by Gasteiger charge is 2.58. The normalized spacial score (nSPS) is 27.0. The van der Waals surface area contributed by atoms with Gasteiger partial charge in [0.25, 0.3) is 0 Å². The highest BCUT2D eigenvalue weighted by atomic mass is 32.1. The Balaban J connectivity index is 1.40. The van der Waals surface area contributed by atoms with Gasteiger partial charge in [-0.15, -0.1) is 10.2 Å². The van der Waals surface area contributed by atoms with Gasteiger partial charge < -0.3 is 5.32 Å². The lowest BCUT2D eigenvalue weighted by Crippen LogP contribution is -2.38. The molecule has 0 spiro atoms. The zero-order valence-electron chi connectivity index (χ0n) is 17.9. The van der Waals surface area contributed by atoms with Crippen LogP contribution >= 0.6 is 11.3 Å².